The molecule has 7 heteroatoms. The number of hydrogen-bond acceptors (Lipinski definition) is 2. The van der Waals surface area contributed by atoms with Gasteiger partial charge in [0.25, 0.3) is 0 Å². The summed E-state index contributed by atoms with van der Waals surface area (Å²) in [5.74, 6) is -1.43. The van der Waals surface area contributed by atoms with Crippen LogP contribution < -0.4 is 0 Å². The van der Waals surface area contributed by atoms with Crippen LogP contribution in [0, 0.1) is 5.82 Å². The van der Waals surface area contributed by atoms with E-state index in [9.17, 15) is 22.7 Å². The van der Waals surface area contributed by atoms with Gasteiger partial charge in [-0.2, -0.15) is 13.2 Å². The Morgan fingerprint density at radius 2 is 1.75 bits per heavy atom. The van der Waals surface area contributed by atoms with Crippen LogP contribution in [0.4, 0.5) is 17.6 Å². The minimum Gasteiger partial charge on any atom is -0.384 e. The maximum Gasteiger partial charge on any atom is 0.419 e. The number of alkyl halides is 3. The Morgan fingerprint density at radius 3 is 2.25 bits per heavy atom. The number of hydrogen-bond donors (Lipinski definition) is 1. The van der Waals surface area contributed by atoms with E-state index in [-0.39, 0.29) is 10.7 Å². The largest absolute Gasteiger partial charge is 0.419 e. The molecule has 2 rings (SSSR count). The van der Waals surface area contributed by atoms with Crippen molar-refractivity contribution in [2.45, 2.75) is 12.3 Å². The topological polar surface area (TPSA) is 33.1 Å². The summed E-state index contributed by atoms with van der Waals surface area (Å²) in [6, 6.07) is 5.14. The average Bonchev–Trinajstić information content (AvgIpc) is 2.37. The predicted octanol–water partition coefficient (Wildman–Crippen LogP) is 3.97. The van der Waals surface area contributed by atoms with Gasteiger partial charge in [-0.15, -0.1) is 0 Å². The molecule has 0 fully saturated rings. The molecule has 0 aliphatic heterocycles. The molecule has 0 saturated heterocycles. The van der Waals surface area contributed by atoms with E-state index in [1.807, 2.05) is 0 Å². The molecular formula is C13H8ClF4NO. The first-order valence-electron chi connectivity index (χ1n) is 5.45. The van der Waals surface area contributed by atoms with E-state index in [0.29, 0.717) is 17.7 Å². The molecule has 2 aromatic rings. The summed E-state index contributed by atoms with van der Waals surface area (Å²) in [5, 5.41) is 10.2. The molecule has 1 atom stereocenters. The molecule has 1 N–H and O–H groups in total. The van der Waals surface area contributed by atoms with Crippen molar-refractivity contribution in [3.05, 3.63) is 64.2 Å². The van der Waals surface area contributed by atoms with Gasteiger partial charge in [0.15, 0.2) is 0 Å². The molecule has 0 aliphatic rings. The van der Waals surface area contributed by atoms with Crippen LogP contribution in [0.1, 0.15) is 22.8 Å². The first-order chi connectivity index (χ1) is 9.29. The number of aliphatic hydroxyl groups excluding tert-OH is 1. The number of aromatic nitrogens is 1. The normalized spacial score (nSPS) is 13.3. The van der Waals surface area contributed by atoms with E-state index in [1.165, 1.54) is 18.3 Å². The molecule has 1 aromatic heterocycles. The summed E-state index contributed by atoms with van der Waals surface area (Å²) < 4.78 is 50.7. The summed E-state index contributed by atoms with van der Waals surface area (Å²) in [6.45, 7) is 0. The van der Waals surface area contributed by atoms with Gasteiger partial charge in [0.05, 0.1) is 5.56 Å². The summed E-state index contributed by atoms with van der Waals surface area (Å²) in [5.41, 5.74) is -1.07. The van der Waals surface area contributed by atoms with Gasteiger partial charge in [-0.25, -0.2) is 9.37 Å². The highest BCUT2D eigenvalue weighted by Crippen LogP contribution is 2.33. The van der Waals surface area contributed by atoms with Crippen LogP contribution in [0.15, 0.2) is 36.5 Å². The minimum atomic E-state index is -4.77. The van der Waals surface area contributed by atoms with Crippen molar-refractivity contribution in [1.29, 1.82) is 0 Å². The summed E-state index contributed by atoms with van der Waals surface area (Å²) in [6.07, 6.45) is -4.78. The van der Waals surface area contributed by atoms with Crippen molar-refractivity contribution >= 4 is 11.6 Å². The molecule has 106 valence electrons. The summed E-state index contributed by atoms with van der Waals surface area (Å²) >= 11 is 5.58. The van der Waals surface area contributed by atoms with Crippen LogP contribution in [0.25, 0.3) is 0 Å². The minimum absolute atomic E-state index is 0.000350. The molecule has 1 aromatic carbocycles. The van der Waals surface area contributed by atoms with Gasteiger partial charge >= 0.3 is 6.18 Å². The predicted molar refractivity (Wildman–Crippen MR) is 64.7 cm³/mol. The van der Waals surface area contributed by atoms with Crippen LogP contribution in [-0.4, -0.2) is 10.1 Å². The smallest absolute Gasteiger partial charge is 0.384 e. The fourth-order valence-electron chi connectivity index (χ4n) is 1.67. The van der Waals surface area contributed by atoms with E-state index in [4.69, 9.17) is 11.6 Å². The van der Waals surface area contributed by atoms with Crippen LogP contribution in [0.2, 0.25) is 5.15 Å². The standard InChI is InChI=1S/C13H8ClF4NO/c14-11-4-2-8(6-19-11)12(20)7-1-3-9(10(15)5-7)13(16,17)18/h1-6,12,20H. The van der Waals surface area contributed by atoms with E-state index in [2.05, 4.69) is 4.98 Å². The van der Waals surface area contributed by atoms with Crippen LogP contribution in [0.5, 0.6) is 0 Å². The number of benzene rings is 1. The lowest BCUT2D eigenvalue weighted by molar-refractivity contribution is -0.140. The van der Waals surface area contributed by atoms with Crippen molar-refractivity contribution in [3.8, 4) is 0 Å². The zero-order valence-corrected chi connectivity index (χ0v) is 10.6. The Morgan fingerprint density at radius 1 is 1.10 bits per heavy atom. The Bertz CT molecular complexity index is 613. The Kier molecular flexibility index (Phi) is 3.96. The van der Waals surface area contributed by atoms with Gasteiger partial charge in [-0.05, 0) is 23.8 Å². The maximum absolute atomic E-state index is 13.4. The van der Waals surface area contributed by atoms with Crippen LogP contribution >= 0.6 is 11.6 Å². The highest BCUT2D eigenvalue weighted by atomic mass is 35.5. The fourth-order valence-corrected chi connectivity index (χ4v) is 1.78. The molecule has 0 radical (unpaired) electrons. The second-order valence-corrected chi connectivity index (χ2v) is 4.44. The lowest BCUT2D eigenvalue weighted by Crippen LogP contribution is -2.09. The van der Waals surface area contributed by atoms with E-state index in [1.54, 1.807) is 0 Å². The third-order valence-electron chi connectivity index (χ3n) is 2.68. The maximum atomic E-state index is 13.4. The Hall–Kier alpha value is -1.66. The number of aliphatic hydroxyl groups is 1. The van der Waals surface area contributed by atoms with E-state index < -0.39 is 23.7 Å². The highest BCUT2D eigenvalue weighted by molar-refractivity contribution is 6.29. The third-order valence-corrected chi connectivity index (χ3v) is 2.90. The number of pyridine rings is 1. The van der Waals surface area contributed by atoms with Crippen molar-refractivity contribution < 1.29 is 22.7 Å². The number of halogens is 5. The average molecular weight is 306 g/mol. The Balaban J connectivity index is 2.34. The molecule has 20 heavy (non-hydrogen) atoms. The van der Waals surface area contributed by atoms with Crippen molar-refractivity contribution in [3.63, 3.8) is 0 Å². The van der Waals surface area contributed by atoms with E-state index >= 15 is 0 Å². The van der Waals surface area contributed by atoms with Gasteiger partial charge in [0.1, 0.15) is 17.1 Å². The number of nitrogens with zero attached hydrogens (tertiary/aromatic N) is 1. The highest BCUT2D eigenvalue weighted by Gasteiger charge is 2.34. The van der Waals surface area contributed by atoms with E-state index in [0.717, 1.165) is 6.07 Å². The molecule has 1 heterocycles. The molecular weight excluding hydrogens is 298 g/mol. The van der Waals surface area contributed by atoms with Crippen LogP contribution in [-0.2, 0) is 6.18 Å². The molecule has 0 spiro atoms. The van der Waals surface area contributed by atoms with Crippen LogP contribution in [0.3, 0.4) is 0 Å². The van der Waals surface area contributed by atoms with Crippen molar-refractivity contribution in [2.75, 3.05) is 0 Å². The van der Waals surface area contributed by atoms with Gasteiger partial charge in [-0.1, -0.05) is 23.7 Å². The molecule has 0 amide bonds. The monoisotopic (exact) mass is 305 g/mol. The van der Waals surface area contributed by atoms with Gasteiger partial charge in [0, 0.05) is 11.8 Å². The molecule has 0 saturated carbocycles. The first-order valence-corrected chi connectivity index (χ1v) is 5.83. The SMILES string of the molecule is OC(c1ccc(Cl)nc1)c1ccc(C(F)(F)F)c(F)c1. The van der Waals surface area contributed by atoms with Gasteiger partial charge < -0.3 is 5.11 Å². The van der Waals surface area contributed by atoms with Gasteiger partial charge in [-0.3, -0.25) is 0 Å². The van der Waals surface area contributed by atoms with Crippen molar-refractivity contribution in [1.82, 2.24) is 4.98 Å². The lowest BCUT2D eigenvalue weighted by atomic mass is 10.0. The zero-order chi connectivity index (χ0) is 14.9. The zero-order valence-electron chi connectivity index (χ0n) is 9.83. The molecule has 1 unspecified atom stereocenters. The van der Waals surface area contributed by atoms with Crippen molar-refractivity contribution in [2.24, 2.45) is 0 Å². The quantitative estimate of drug-likeness (QED) is 0.672. The molecule has 0 aliphatic carbocycles. The van der Waals surface area contributed by atoms with Gasteiger partial charge in [0.2, 0.25) is 0 Å². The summed E-state index contributed by atoms with van der Waals surface area (Å²) in [4.78, 5) is 3.74. The second-order valence-electron chi connectivity index (χ2n) is 4.05. The Labute approximate surface area is 116 Å². The molecule has 0 bridgehead atoms. The first kappa shape index (κ1) is 14.7. The third kappa shape index (κ3) is 3.08. The molecule has 2 nitrogen and oxygen atoms in total. The number of rotatable bonds is 2. The second kappa shape index (κ2) is 5.38. The summed E-state index contributed by atoms with van der Waals surface area (Å²) in [7, 11) is 0. The fraction of sp³-hybridized carbons (Fsp3) is 0.154. The lowest BCUT2D eigenvalue weighted by Gasteiger charge is -2.13.